The number of halogens is 2. The molecule has 0 aliphatic carbocycles. The molecule has 30 heavy (non-hydrogen) atoms. The summed E-state index contributed by atoms with van der Waals surface area (Å²) in [5.74, 6) is 2.42. The Morgan fingerprint density at radius 2 is 1.93 bits per heavy atom. The van der Waals surface area contributed by atoms with Gasteiger partial charge in [-0.2, -0.15) is 4.98 Å². The highest BCUT2D eigenvalue weighted by Crippen LogP contribution is 2.28. The van der Waals surface area contributed by atoms with Crippen molar-refractivity contribution in [3.63, 3.8) is 0 Å². The number of methoxy groups -OCH3 is 1. The molecule has 2 fully saturated rings. The number of nitrogens with zero attached hydrogens (tertiary/aromatic N) is 6. The molecule has 2 aromatic rings. The molecule has 1 unspecified atom stereocenters. The molecule has 0 spiro atoms. The molecule has 0 bridgehead atoms. The number of anilines is 1. The van der Waals surface area contributed by atoms with E-state index in [0.29, 0.717) is 11.8 Å². The van der Waals surface area contributed by atoms with Gasteiger partial charge in [-0.3, -0.25) is 4.79 Å². The highest BCUT2D eigenvalue weighted by atomic mass is 35.5. The van der Waals surface area contributed by atoms with Crippen molar-refractivity contribution >= 4 is 36.7 Å². The molecular weight excluding hydrogens is 429 g/mol. The van der Waals surface area contributed by atoms with E-state index < -0.39 is 0 Å². The molecule has 0 aromatic carbocycles. The number of piperidine rings is 1. The average molecular weight is 458 g/mol. The molecule has 2 aromatic heterocycles. The Hall–Kier alpha value is -2.10. The summed E-state index contributed by atoms with van der Waals surface area (Å²) in [6.45, 7) is 3.82. The molecule has 11 heteroatoms. The Balaban J connectivity index is 0.00000160. The maximum Gasteiger partial charge on any atom is 0.228 e. The summed E-state index contributed by atoms with van der Waals surface area (Å²) in [6.07, 6.45) is 7.03. The fraction of sp³-hybridized carbons (Fsp3) is 0.579. The molecule has 1 N–H and O–H groups in total. The van der Waals surface area contributed by atoms with E-state index in [1.54, 1.807) is 25.6 Å². The molecule has 4 heterocycles. The van der Waals surface area contributed by atoms with E-state index in [2.05, 4.69) is 25.2 Å². The highest BCUT2D eigenvalue weighted by molar-refractivity contribution is 5.85. The fourth-order valence-electron chi connectivity index (χ4n) is 4.06. The van der Waals surface area contributed by atoms with E-state index in [1.807, 2.05) is 22.7 Å². The Labute approximate surface area is 189 Å². The number of aryl methyl sites for hydroxylation is 1. The summed E-state index contributed by atoms with van der Waals surface area (Å²) in [5, 5.41) is 3.39. The standard InChI is InChI=1S/C19H27N7O2.2ClH/c1-24-11-8-21-17(24)15-13-20-7-12-26(15)18(27)14-4-9-25(10-5-14)19-22-6-3-16(23-19)28-2;;/h3,6,8,11,14-15,20H,4-5,7,9-10,12-13H2,1-2H3;2*1H. The van der Waals surface area contributed by atoms with Crippen molar-refractivity contribution in [1.29, 1.82) is 0 Å². The number of hydrogen-bond donors (Lipinski definition) is 1. The van der Waals surface area contributed by atoms with Crippen LogP contribution < -0.4 is 15.0 Å². The second-order valence-electron chi connectivity index (χ2n) is 7.31. The first-order chi connectivity index (χ1) is 13.7. The Kier molecular flexibility index (Phi) is 8.69. The summed E-state index contributed by atoms with van der Waals surface area (Å²) in [6, 6.07) is 1.73. The van der Waals surface area contributed by atoms with Crippen LogP contribution in [0.1, 0.15) is 24.7 Å². The van der Waals surface area contributed by atoms with Crippen molar-refractivity contribution in [3.05, 3.63) is 30.5 Å². The highest BCUT2D eigenvalue weighted by Gasteiger charge is 2.35. The van der Waals surface area contributed by atoms with Crippen LogP contribution in [-0.2, 0) is 11.8 Å². The van der Waals surface area contributed by atoms with Crippen LogP contribution in [0.25, 0.3) is 0 Å². The zero-order chi connectivity index (χ0) is 19.5. The molecule has 4 rings (SSSR count). The Morgan fingerprint density at radius 1 is 1.17 bits per heavy atom. The van der Waals surface area contributed by atoms with E-state index in [1.165, 1.54) is 0 Å². The lowest BCUT2D eigenvalue weighted by atomic mass is 9.94. The molecule has 9 nitrogen and oxygen atoms in total. The van der Waals surface area contributed by atoms with Crippen LogP contribution in [0, 0.1) is 5.92 Å². The number of carbonyl (C=O) groups excluding carboxylic acids is 1. The Morgan fingerprint density at radius 3 is 2.60 bits per heavy atom. The second-order valence-corrected chi connectivity index (χ2v) is 7.31. The van der Waals surface area contributed by atoms with Gasteiger partial charge in [-0.25, -0.2) is 9.97 Å². The van der Waals surface area contributed by atoms with Gasteiger partial charge >= 0.3 is 0 Å². The van der Waals surface area contributed by atoms with Crippen LogP contribution in [0.5, 0.6) is 5.88 Å². The number of amides is 1. The van der Waals surface area contributed by atoms with Gasteiger partial charge in [0.15, 0.2) is 0 Å². The van der Waals surface area contributed by atoms with Gasteiger partial charge in [-0.15, -0.1) is 24.8 Å². The number of nitrogens with one attached hydrogen (secondary N) is 1. The smallest absolute Gasteiger partial charge is 0.228 e. The van der Waals surface area contributed by atoms with Gasteiger partial charge in [-0.1, -0.05) is 0 Å². The van der Waals surface area contributed by atoms with Crippen LogP contribution >= 0.6 is 24.8 Å². The number of hydrogen-bond acceptors (Lipinski definition) is 7. The van der Waals surface area contributed by atoms with Crippen LogP contribution in [0.3, 0.4) is 0 Å². The normalized spacial score (nSPS) is 19.6. The zero-order valence-electron chi connectivity index (χ0n) is 17.2. The van der Waals surface area contributed by atoms with Gasteiger partial charge in [0, 0.05) is 70.3 Å². The first-order valence-electron chi connectivity index (χ1n) is 9.77. The third-order valence-corrected chi connectivity index (χ3v) is 5.64. The van der Waals surface area contributed by atoms with Crippen molar-refractivity contribution in [2.75, 3.05) is 44.7 Å². The Bertz CT molecular complexity index is 827. The van der Waals surface area contributed by atoms with E-state index in [0.717, 1.165) is 51.4 Å². The molecule has 1 amide bonds. The number of rotatable bonds is 4. The maximum absolute atomic E-state index is 13.3. The predicted molar refractivity (Wildman–Crippen MR) is 119 cm³/mol. The van der Waals surface area contributed by atoms with Gasteiger partial charge in [0.1, 0.15) is 11.9 Å². The van der Waals surface area contributed by atoms with Gasteiger partial charge in [0.2, 0.25) is 17.7 Å². The van der Waals surface area contributed by atoms with E-state index in [-0.39, 0.29) is 42.7 Å². The van der Waals surface area contributed by atoms with Gasteiger partial charge < -0.3 is 24.4 Å². The largest absolute Gasteiger partial charge is 0.481 e. The lowest BCUT2D eigenvalue weighted by Gasteiger charge is -2.39. The number of aromatic nitrogens is 4. The first-order valence-corrected chi connectivity index (χ1v) is 9.77. The third-order valence-electron chi connectivity index (χ3n) is 5.64. The quantitative estimate of drug-likeness (QED) is 0.742. The minimum atomic E-state index is -0.0130. The molecule has 166 valence electrons. The molecule has 1 atom stereocenters. The second kappa shape index (κ2) is 10.8. The number of ether oxygens (including phenoxy) is 1. The third kappa shape index (κ3) is 4.96. The molecule has 0 saturated carbocycles. The zero-order valence-corrected chi connectivity index (χ0v) is 18.9. The summed E-state index contributed by atoms with van der Waals surface area (Å²) in [4.78, 5) is 30.7. The van der Waals surface area contributed by atoms with Gasteiger partial charge in [0.25, 0.3) is 0 Å². The van der Waals surface area contributed by atoms with Crippen molar-refractivity contribution in [1.82, 2.24) is 29.7 Å². The molecule has 2 saturated heterocycles. The van der Waals surface area contributed by atoms with Gasteiger partial charge in [-0.05, 0) is 12.8 Å². The van der Waals surface area contributed by atoms with E-state index >= 15 is 0 Å². The predicted octanol–water partition coefficient (Wildman–Crippen LogP) is 1.45. The summed E-state index contributed by atoms with van der Waals surface area (Å²) < 4.78 is 7.19. The fourth-order valence-corrected chi connectivity index (χ4v) is 4.06. The maximum atomic E-state index is 13.3. The monoisotopic (exact) mass is 457 g/mol. The topological polar surface area (TPSA) is 88.4 Å². The molecular formula is C19H29Cl2N7O2. The molecule has 2 aliphatic rings. The molecule has 0 radical (unpaired) electrons. The van der Waals surface area contributed by atoms with Crippen molar-refractivity contribution in [3.8, 4) is 5.88 Å². The number of piperazine rings is 1. The van der Waals surface area contributed by atoms with Crippen LogP contribution in [-0.4, -0.2) is 70.2 Å². The minimum Gasteiger partial charge on any atom is -0.481 e. The lowest BCUT2D eigenvalue weighted by Crippen LogP contribution is -2.52. The van der Waals surface area contributed by atoms with Crippen molar-refractivity contribution in [2.45, 2.75) is 18.9 Å². The van der Waals surface area contributed by atoms with Crippen molar-refractivity contribution < 1.29 is 9.53 Å². The summed E-state index contributed by atoms with van der Waals surface area (Å²) in [7, 11) is 3.58. The van der Waals surface area contributed by atoms with Crippen LogP contribution in [0.15, 0.2) is 24.7 Å². The van der Waals surface area contributed by atoms with Gasteiger partial charge in [0.05, 0.1) is 7.11 Å². The van der Waals surface area contributed by atoms with E-state index in [9.17, 15) is 4.79 Å². The summed E-state index contributed by atoms with van der Waals surface area (Å²) in [5.41, 5.74) is 0. The first kappa shape index (κ1) is 24.2. The minimum absolute atomic E-state index is 0. The average Bonchev–Trinajstić information content (AvgIpc) is 3.19. The van der Waals surface area contributed by atoms with Crippen LogP contribution in [0.2, 0.25) is 0 Å². The summed E-state index contributed by atoms with van der Waals surface area (Å²) >= 11 is 0. The van der Waals surface area contributed by atoms with Crippen LogP contribution in [0.4, 0.5) is 5.95 Å². The lowest BCUT2D eigenvalue weighted by molar-refractivity contribution is -0.139. The number of carbonyl (C=O) groups is 1. The van der Waals surface area contributed by atoms with E-state index in [4.69, 9.17) is 4.74 Å². The molecule has 2 aliphatic heterocycles. The van der Waals surface area contributed by atoms with Crippen molar-refractivity contribution in [2.24, 2.45) is 13.0 Å². The number of imidazole rings is 1. The SMILES string of the molecule is COc1ccnc(N2CCC(C(=O)N3CCNCC3c3nccn3C)CC2)n1.Cl.Cl.